The van der Waals surface area contributed by atoms with E-state index in [9.17, 15) is 4.39 Å². The summed E-state index contributed by atoms with van der Waals surface area (Å²) in [5.41, 5.74) is 5.91. The maximum absolute atomic E-state index is 13.1. The zero-order valence-electron chi connectivity index (χ0n) is 7.77. The van der Waals surface area contributed by atoms with Gasteiger partial charge in [-0.3, -0.25) is 0 Å². The first-order valence-electron chi connectivity index (χ1n) is 3.92. The molecule has 0 heterocycles. The van der Waals surface area contributed by atoms with E-state index in [2.05, 4.69) is 15.9 Å². The van der Waals surface area contributed by atoms with Gasteiger partial charge in [0, 0.05) is 0 Å². The van der Waals surface area contributed by atoms with Gasteiger partial charge in [0.05, 0.1) is 5.69 Å². The van der Waals surface area contributed by atoms with Crippen LogP contribution in [-0.2, 0) is 0 Å². The van der Waals surface area contributed by atoms with Crippen molar-refractivity contribution < 1.29 is 9.13 Å². The molecule has 1 aromatic rings. The van der Waals surface area contributed by atoms with E-state index in [-0.39, 0.29) is 10.8 Å². The largest absolute Gasteiger partial charge is 0.473 e. The van der Waals surface area contributed by atoms with E-state index in [1.165, 1.54) is 12.1 Å². The molecule has 2 nitrogen and oxygen atoms in total. The number of rotatable bonds is 2. The van der Waals surface area contributed by atoms with Crippen LogP contribution in [0.5, 0.6) is 5.75 Å². The first-order chi connectivity index (χ1) is 6.31. The summed E-state index contributed by atoms with van der Waals surface area (Å²) in [4.78, 5) is 0. The molecular formula is C9H10BrClFNO. The van der Waals surface area contributed by atoms with Crippen LogP contribution in [0.2, 0.25) is 5.02 Å². The van der Waals surface area contributed by atoms with E-state index in [1.54, 1.807) is 13.8 Å². The molecule has 2 N–H and O–H groups in total. The van der Waals surface area contributed by atoms with Crippen molar-refractivity contribution in [1.82, 2.24) is 0 Å². The minimum atomic E-state index is -0.640. The second kappa shape index (κ2) is 3.95. The number of anilines is 1. The van der Waals surface area contributed by atoms with Crippen LogP contribution in [0.3, 0.4) is 0 Å². The van der Waals surface area contributed by atoms with Gasteiger partial charge in [0.2, 0.25) is 0 Å². The topological polar surface area (TPSA) is 35.2 Å². The molecule has 0 bridgehead atoms. The summed E-state index contributed by atoms with van der Waals surface area (Å²) in [5, 5.41) is -0.0995. The molecule has 0 saturated heterocycles. The van der Waals surface area contributed by atoms with Crippen molar-refractivity contribution in [2.24, 2.45) is 0 Å². The fourth-order valence-electron chi connectivity index (χ4n) is 0.893. The van der Waals surface area contributed by atoms with Crippen LogP contribution in [0, 0.1) is 5.82 Å². The average Bonchev–Trinajstić information content (AvgIpc) is 2.04. The molecule has 78 valence electrons. The SMILES string of the molecule is CC(C)(Br)Oc1c(N)ccc(F)c1Cl. The molecule has 0 amide bonds. The van der Waals surface area contributed by atoms with Crippen LogP contribution in [0.1, 0.15) is 13.8 Å². The quantitative estimate of drug-likeness (QED) is 0.665. The van der Waals surface area contributed by atoms with Crippen LogP contribution in [0.25, 0.3) is 0 Å². The number of hydrogen-bond donors (Lipinski definition) is 1. The highest BCUT2D eigenvalue weighted by atomic mass is 79.9. The second-order valence-corrected chi connectivity index (χ2v) is 5.53. The number of halogens is 3. The van der Waals surface area contributed by atoms with E-state index in [4.69, 9.17) is 22.1 Å². The number of hydrogen-bond acceptors (Lipinski definition) is 2. The molecule has 0 aliphatic carbocycles. The van der Waals surface area contributed by atoms with E-state index in [0.717, 1.165) is 0 Å². The maximum atomic E-state index is 13.1. The molecule has 0 atom stereocenters. The van der Waals surface area contributed by atoms with E-state index in [0.29, 0.717) is 5.69 Å². The van der Waals surface area contributed by atoms with Crippen molar-refractivity contribution in [3.05, 3.63) is 23.0 Å². The molecular weight excluding hydrogens is 272 g/mol. The molecule has 0 aliphatic heterocycles. The van der Waals surface area contributed by atoms with Crippen LogP contribution < -0.4 is 10.5 Å². The lowest BCUT2D eigenvalue weighted by Gasteiger charge is -2.21. The number of alkyl halides is 1. The first kappa shape index (κ1) is 11.6. The van der Waals surface area contributed by atoms with Gasteiger partial charge in [-0.05, 0) is 41.9 Å². The third kappa shape index (κ3) is 2.75. The number of benzene rings is 1. The minimum Gasteiger partial charge on any atom is -0.473 e. The summed E-state index contributed by atoms with van der Waals surface area (Å²) in [5.74, 6) is -0.388. The van der Waals surface area contributed by atoms with E-state index < -0.39 is 10.3 Å². The Kier molecular flexibility index (Phi) is 3.27. The van der Waals surface area contributed by atoms with Gasteiger partial charge < -0.3 is 10.5 Å². The predicted molar refractivity (Wildman–Crippen MR) is 59.5 cm³/mol. The van der Waals surface area contributed by atoms with Gasteiger partial charge in [0.25, 0.3) is 0 Å². The van der Waals surface area contributed by atoms with Gasteiger partial charge in [-0.15, -0.1) is 0 Å². The Balaban J connectivity index is 3.13. The number of nitrogen functional groups attached to an aromatic ring is 1. The Morgan fingerprint density at radius 1 is 1.50 bits per heavy atom. The van der Waals surface area contributed by atoms with Gasteiger partial charge >= 0.3 is 0 Å². The van der Waals surface area contributed by atoms with Crippen molar-refractivity contribution in [2.45, 2.75) is 18.4 Å². The van der Waals surface area contributed by atoms with Crippen molar-refractivity contribution in [3.63, 3.8) is 0 Å². The summed E-state index contributed by atoms with van der Waals surface area (Å²) < 4.78 is 17.8. The highest BCUT2D eigenvalue weighted by Gasteiger charge is 2.20. The molecule has 0 saturated carbocycles. The Bertz CT molecular complexity index is 351. The monoisotopic (exact) mass is 281 g/mol. The lowest BCUT2D eigenvalue weighted by molar-refractivity contribution is 0.215. The molecule has 0 fully saturated rings. The van der Waals surface area contributed by atoms with Gasteiger partial charge in [-0.25, -0.2) is 4.39 Å². The highest BCUT2D eigenvalue weighted by Crippen LogP contribution is 2.36. The van der Waals surface area contributed by atoms with Crippen molar-refractivity contribution in [3.8, 4) is 5.75 Å². The fraction of sp³-hybridized carbons (Fsp3) is 0.333. The van der Waals surface area contributed by atoms with Crippen LogP contribution in [0.15, 0.2) is 12.1 Å². The van der Waals surface area contributed by atoms with Crippen molar-refractivity contribution in [2.75, 3.05) is 5.73 Å². The average molecular weight is 283 g/mol. The summed E-state index contributed by atoms with van der Waals surface area (Å²) in [6.45, 7) is 3.52. The van der Waals surface area contributed by atoms with Gasteiger partial charge in [0.15, 0.2) is 10.3 Å². The Hall–Kier alpha value is -0.480. The molecule has 14 heavy (non-hydrogen) atoms. The van der Waals surface area contributed by atoms with Gasteiger partial charge in [0.1, 0.15) is 10.8 Å². The molecule has 0 aliphatic rings. The third-order valence-electron chi connectivity index (χ3n) is 1.43. The zero-order valence-corrected chi connectivity index (χ0v) is 10.1. The highest BCUT2D eigenvalue weighted by molar-refractivity contribution is 9.10. The third-order valence-corrected chi connectivity index (χ3v) is 1.94. The normalized spacial score (nSPS) is 11.5. The number of nitrogens with two attached hydrogens (primary N) is 1. The Labute approximate surface area is 95.3 Å². The minimum absolute atomic E-state index is 0.0995. The molecule has 0 aromatic heterocycles. The zero-order chi connectivity index (χ0) is 10.9. The standard InChI is InChI=1S/C9H10BrClFNO/c1-9(2,10)14-8-6(13)4-3-5(12)7(8)11/h3-4H,13H2,1-2H3. The van der Waals surface area contributed by atoms with Crippen LogP contribution >= 0.6 is 27.5 Å². The van der Waals surface area contributed by atoms with Gasteiger partial charge in [-0.1, -0.05) is 11.6 Å². The van der Waals surface area contributed by atoms with E-state index >= 15 is 0 Å². The fourth-order valence-corrected chi connectivity index (χ4v) is 1.27. The molecule has 5 heteroatoms. The summed E-state index contributed by atoms with van der Waals surface area (Å²) >= 11 is 8.95. The van der Waals surface area contributed by atoms with Crippen molar-refractivity contribution in [1.29, 1.82) is 0 Å². The lowest BCUT2D eigenvalue weighted by atomic mass is 10.3. The summed E-state index contributed by atoms with van der Waals surface area (Å²) in [7, 11) is 0. The maximum Gasteiger partial charge on any atom is 0.165 e. The molecule has 1 rings (SSSR count). The van der Waals surface area contributed by atoms with Crippen LogP contribution in [-0.4, -0.2) is 4.51 Å². The van der Waals surface area contributed by atoms with Crippen molar-refractivity contribution >= 4 is 33.2 Å². The summed E-state index contributed by atoms with van der Waals surface area (Å²) in [6.07, 6.45) is 0. The molecule has 0 unspecified atom stereocenters. The number of ether oxygens (including phenoxy) is 1. The summed E-state index contributed by atoms with van der Waals surface area (Å²) in [6, 6.07) is 2.61. The second-order valence-electron chi connectivity index (χ2n) is 3.25. The van der Waals surface area contributed by atoms with E-state index in [1.807, 2.05) is 0 Å². The molecule has 1 aromatic carbocycles. The predicted octanol–water partition coefficient (Wildman–Crippen LogP) is 3.57. The smallest absolute Gasteiger partial charge is 0.165 e. The molecule has 0 spiro atoms. The van der Waals surface area contributed by atoms with Gasteiger partial charge in [-0.2, -0.15) is 0 Å². The first-order valence-corrected chi connectivity index (χ1v) is 5.10. The Morgan fingerprint density at radius 2 is 2.07 bits per heavy atom. The lowest BCUT2D eigenvalue weighted by Crippen LogP contribution is -2.20. The van der Waals surface area contributed by atoms with Crippen LogP contribution in [0.4, 0.5) is 10.1 Å². The molecule has 0 radical (unpaired) electrons. The Morgan fingerprint density at radius 3 is 2.57 bits per heavy atom.